The van der Waals surface area contributed by atoms with Crippen LogP contribution in [0.3, 0.4) is 0 Å². The van der Waals surface area contributed by atoms with E-state index in [1.807, 2.05) is 7.05 Å². The minimum Gasteiger partial charge on any atom is -0.446 e. The average molecular weight is 943 g/mol. The van der Waals surface area contributed by atoms with Crippen molar-refractivity contribution in [1.29, 1.82) is 0 Å². The molecule has 6 saturated carbocycles. The second kappa shape index (κ2) is 21.6. The van der Waals surface area contributed by atoms with Crippen LogP contribution < -0.4 is 10.6 Å². The Morgan fingerprint density at radius 3 is 1.38 bits per heavy atom. The van der Waals surface area contributed by atoms with Gasteiger partial charge in [-0.1, -0.05) is 131 Å². The van der Waals surface area contributed by atoms with Crippen molar-refractivity contribution < 1.29 is 19.1 Å². The molecule has 0 aromatic rings. The highest BCUT2D eigenvalue weighted by molar-refractivity contribution is 5.67. The Labute approximate surface area is 417 Å². The van der Waals surface area contributed by atoms with Gasteiger partial charge in [0.1, 0.15) is 12.2 Å². The molecule has 0 radical (unpaired) electrons. The number of fused-ring (bicyclic) bond motifs is 10. The Balaban J connectivity index is 0.715. The molecule has 0 bridgehead atoms. The fraction of sp³-hybridized carbons (Fsp3) is 0.902. The minimum absolute atomic E-state index is 0.0406. The Bertz CT molecular complexity index is 1660. The van der Waals surface area contributed by atoms with E-state index in [-0.39, 0.29) is 35.2 Å². The molecule has 0 heterocycles. The number of amides is 2. The largest absolute Gasteiger partial charge is 0.446 e. The highest BCUT2D eigenvalue weighted by Gasteiger charge is 2.61. The first-order valence-electron chi connectivity index (χ1n) is 29.3. The average Bonchev–Trinajstić information content (AvgIpc) is 3.83. The zero-order valence-electron chi connectivity index (χ0n) is 45.7. The third kappa shape index (κ3) is 10.7. The smallest absolute Gasteiger partial charge is 0.407 e. The number of carbonyl (C=O) groups excluding carboxylic acids is 2. The molecule has 16 atom stereocenters. The number of carbonyl (C=O) groups is 2. The van der Waals surface area contributed by atoms with Crippen LogP contribution in [-0.2, 0) is 9.47 Å². The Morgan fingerprint density at radius 2 is 0.985 bits per heavy atom. The van der Waals surface area contributed by atoms with Gasteiger partial charge in [-0.25, -0.2) is 9.59 Å². The summed E-state index contributed by atoms with van der Waals surface area (Å²) in [6, 6.07) is 0. The summed E-state index contributed by atoms with van der Waals surface area (Å²) in [7, 11) is 2.04. The van der Waals surface area contributed by atoms with E-state index < -0.39 is 0 Å². The summed E-state index contributed by atoms with van der Waals surface area (Å²) in [6.45, 7) is 27.6. The SMILES string of the molecule is CC(C)CCC[C@@H](C)[C@H]1CC[C@H]2C3CC=C4C[C@@H](OC(=O)NCCN(C)CCNC(=O)O[C@H]5CC[C@@]6(C)C(=CCC7[C@@H]8CC[C@H]([C@H](C)CCCC(C)C)[C@@]8(C)CC[C@@H]76)C5)CC[C@]4(C)[C@H]3CC[C@]12C. The van der Waals surface area contributed by atoms with Gasteiger partial charge in [-0.3, -0.25) is 0 Å². The standard InChI is InChI=1S/C61H103N3O4/c1-40(2)14-12-16-42(5)50-22-24-52-48-20-18-44-38-46(26-30-58(44,7)54(48)28-32-60(50,52)9)67-56(65)62-34-36-64(11)37-35-63-57(66)68-47-27-31-59(8)45(39-47)19-21-49-53-25-23-51(43(6)17-13-15-41(3)4)61(53,10)33-29-55(49)59/h18-19,40-43,46-55H,12-17,20-39H2,1-11H3,(H,62,65)(H,63,66)/t42-,43-,46+,47+,48?,49?,50-,51-,52+,53+,54+,55+,58+,59+,60-,61-/m1/s1. The van der Waals surface area contributed by atoms with Crippen LogP contribution >= 0.6 is 0 Å². The molecule has 2 unspecified atom stereocenters. The summed E-state index contributed by atoms with van der Waals surface area (Å²) in [5, 5.41) is 6.07. The van der Waals surface area contributed by atoms with Crippen molar-refractivity contribution in [2.24, 2.45) is 92.7 Å². The van der Waals surface area contributed by atoms with E-state index in [4.69, 9.17) is 9.47 Å². The van der Waals surface area contributed by atoms with E-state index in [1.165, 1.54) is 103 Å². The first-order chi connectivity index (χ1) is 32.4. The van der Waals surface area contributed by atoms with Crippen molar-refractivity contribution in [3.8, 4) is 0 Å². The van der Waals surface area contributed by atoms with Crippen LogP contribution in [0.15, 0.2) is 23.3 Å². The number of allylic oxidation sites excluding steroid dienone is 2. The predicted octanol–water partition coefficient (Wildman–Crippen LogP) is 15.2. The van der Waals surface area contributed by atoms with Gasteiger partial charge in [0.25, 0.3) is 0 Å². The second-order valence-corrected chi connectivity index (χ2v) is 27.3. The summed E-state index contributed by atoms with van der Waals surface area (Å²) >= 11 is 0. The molecule has 0 saturated heterocycles. The van der Waals surface area contributed by atoms with Gasteiger partial charge in [-0.05, 0) is 190 Å². The van der Waals surface area contributed by atoms with Gasteiger partial charge in [0.2, 0.25) is 0 Å². The highest BCUT2D eigenvalue weighted by Crippen LogP contribution is 2.69. The van der Waals surface area contributed by atoms with Crippen LogP contribution in [0, 0.1) is 92.7 Å². The first kappa shape index (κ1) is 52.3. The summed E-state index contributed by atoms with van der Waals surface area (Å²) in [6.07, 6.45) is 32.5. The Hall–Kier alpha value is -2.02. The van der Waals surface area contributed by atoms with E-state index in [2.05, 4.69) is 96.9 Å². The maximum Gasteiger partial charge on any atom is 0.407 e. The molecule has 2 amide bonds. The maximum atomic E-state index is 13.1. The second-order valence-electron chi connectivity index (χ2n) is 27.3. The lowest BCUT2D eigenvalue weighted by atomic mass is 9.47. The summed E-state index contributed by atoms with van der Waals surface area (Å²) in [5.41, 5.74) is 4.66. The molecule has 8 rings (SSSR count). The Morgan fingerprint density at radius 1 is 0.574 bits per heavy atom. The quantitative estimate of drug-likeness (QED) is 0.134. The van der Waals surface area contributed by atoms with E-state index in [9.17, 15) is 9.59 Å². The van der Waals surface area contributed by atoms with Gasteiger partial charge in [-0.2, -0.15) is 0 Å². The molecule has 8 aliphatic carbocycles. The number of rotatable bonds is 18. The van der Waals surface area contributed by atoms with Gasteiger partial charge in [0.15, 0.2) is 0 Å². The molecule has 68 heavy (non-hydrogen) atoms. The van der Waals surface area contributed by atoms with Crippen molar-refractivity contribution in [2.45, 2.75) is 223 Å². The van der Waals surface area contributed by atoms with E-state index in [0.717, 1.165) is 110 Å². The van der Waals surface area contributed by atoms with Crippen molar-refractivity contribution in [2.75, 3.05) is 33.2 Å². The fourth-order valence-electron chi connectivity index (χ4n) is 18.7. The van der Waals surface area contributed by atoms with Crippen LogP contribution in [-0.4, -0.2) is 62.5 Å². The molecule has 0 aromatic heterocycles. The monoisotopic (exact) mass is 942 g/mol. The van der Waals surface area contributed by atoms with Crippen LogP contribution in [0.2, 0.25) is 0 Å². The molecule has 2 N–H and O–H groups in total. The normalized spacial score (nSPS) is 40.4. The highest BCUT2D eigenvalue weighted by atomic mass is 16.6. The molecule has 7 heteroatoms. The molecule has 6 fully saturated rings. The molecule has 0 aliphatic heterocycles. The number of alkyl carbamates (subject to hydrolysis) is 2. The lowest BCUT2D eigenvalue weighted by Crippen LogP contribution is -2.51. The number of ether oxygens (including phenoxy) is 2. The zero-order chi connectivity index (χ0) is 48.6. The molecule has 386 valence electrons. The number of hydrogen-bond donors (Lipinski definition) is 2. The predicted molar refractivity (Wildman–Crippen MR) is 280 cm³/mol. The molecular weight excluding hydrogens is 839 g/mol. The number of nitrogens with zero attached hydrogens (tertiary/aromatic N) is 1. The summed E-state index contributed by atoms with van der Waals surface area (Å²) in [5.74, 6) is 10.0. The van der Waals surface area contributed by atoms with Crippen molar-refractivity contribution in [3.05, 3.63) is 23.3 Å². The third-order valence-corrected chi connectivity index (χ3v) is 22.6. The van der Waals surface area contributed by atoms with Gasteiger partial charge in [-0.15, -0.1) is 0 Å². The zero-order valence-corrected chi connectivity index (χ0v) is 45.7. The Kier molecular flexibility index (Phi) is 16.6. The van der Waals surface area contributed by atoms with Crippen LogP contribution in [0.4, 0.5) is 9.59 Å². The van der Waals surface area contributed by atoms with Crippen LogP contribution in [0.1, 0.15) is 210 Å². The van der Waals surface area contributed by atoms with Gasteiger partial charge >= 0.3 is 12.2 Å². The third-order valence-electron chi connectivity index (χ3n) is 22.6. The number of nitrogens with one attached hydrogen (secondary N) is 2. The molecule has 0 aromatic carbocycles. The summed E-state index contributed by atoms with van der Waals surface area (Å²) < 4.78 is 12.2. The summed E-state index contributed by atoms with van der Waals surface area (Å²) in [4.78, 5) is 28.3. The first-order valence-corrected chi connectivity index (χ1v) is 29.3. The van der Waals surface area contributed by atoms with E-state index in [0.29, 0.717) is 37.0 Å². The lowest BCUT2D eigenvalue weighted by molar-refractivity contribution is -0.0581. The van der Waals surface area contributed by atoms with Crippen molar-refractivity contribution >= 4 is 12.2 Å². The van der Waals surface area contributed by atoms with E-state index in [1.54, 1.807) is 11.1 Å². The van der Waals surface area contributed by atoms with Gasteiger partial charge in [0, 0.05) is 39.0 Å². The van der Waals surface area contributed by atoms with Crippen LogP contribution in [0.5, 0.6) is 0 Å². The maximum absolute atomic E-state index is 13.1. The van der Waals surface area contributed by atoms with Gasteiger partial charge < -0.3 is 25.0 Å². The van der Waals surface area contributed by atoms with Crippen molar-refractivity contribution in [1.82, 2.24) is 15.5 Å². The van der Waals surface area contributed by atoms with Crippen LogP contribution in [0.25, 0.3) is 0 Å². The molecule has 8 aliphatic rings. The topological polar surface area (TPSA) is 79.9 Å². The number of hydrogen-bond acceptors (Lipinski definition) is 5. The fourth-order valence-corrected chi connectivity index (χ4v) is 18.7. The van der Waals surface area contributed by atoms with E-state index >= 15 is 0 Å². The van der Waals surface area contributed by atoms with Gasteiger partial charge in [0.05, 0.1) is 0 Å². The lowest BCUT2D eigenvalue weighted by Gasteiger charge is -2.58. The molecular formula is C61H103N3O4. The minimum atomic E-state index is -0.296. The van der Waals surface area contributed by atoms with Crippen molar-refractivity contribution in [3.63, 3.8) is 0 Å². The molecule has 7 nitrogen and oxygen atoms in total. The molecule has 0 spiro atoms. The number of likely N-dealkylation sites (N-methyl/N-ethyl adjacent to an activating group) is 1.